The van der Waals surface area contributed by atoms with Crippen molar-refractivity contribution in [1.82, 2.24) is 4.98 Å². The molecule has 6 atom stereocenters. The molecule has 1 aliphatic heterocycles. The number of aromatic nitrogens is 1. The van der Waals surface area contributed by atoms with E-state index in [4.69, 9.17) is 18.6 Å². The molecule has 2 aromatic heterocycles. The Kier molecular flexibility index (Phi) is 6.46. The summed E-state index contributed by atoms with van der Waals surface area (Å²) >= 11 is 0. The van der Waals surface area contributed by atoms with Gasteiger partial charge in [0.05, 0.1) is 11.7 Å². The molecule has 2 N–H and O–H groups in total. The number of aliphatic hydroxyl groups is 2. The van der Waals surface area contributed by atoms with Crippen LogP contribution in [-0.2, 0) is 19.1 Å². The van der Waals surface area contributed by atoms with E-state index in [1.807, 2.05) is 0 Å². The van der Waals surface area contributed by atoms with Gasteiger partial charge in [-0.1, -0.05) is 0 Å². The van der Waals surface area contributed by atoms with E-state index in [-0.39, 0.29) is 36.5 Å². The minimum absolute atomic E-state index is 0.0398. The maximum Gasteiger partial charge on any atom is 0.345 e. The van der Waals surface area contributed by atoms with Gasteiger partial charge in [-0.05, 0) is 44.7 Å². The SMILES string of the molecule is CC(=O)OCC(C)(O)[C@@H]1C[C@@H]2[C@@H](O)c3c(cc(-c4cccnc4)oc3=O)O[C@@]2(C)[C@H](OC(C)=O)C1. The van der Waals surface area contributed by atoms with Crippen LogP contribution in [0.4, 0.5) is 0 Å². The van der Waals surface area contributed by atoms with Gasteiger partial charge in [-0.15, -0.1) is 0 Å². The number of rotatable bonds is 5. The zero-order valence-corrected chi connectivity index (χ0v) is 20.0. The van der Waals surface area contributed by atoms with Gasteiger partial charge in [0.2, 0.25) is 0 Å². The Balaban J connectivity index is 1.75. The minimum Gasteiger partial charge on any atom is -0.482 e. The van der Waals surface area contributed by atoms with Crippen molar-refractivity contribution < 1.29 is 38.4 Å². The highest BCUT2D eigenvalue weighted by atomic mass is 16.6. The molecule has 10 heteroatoms. The van der Waals surface area contributed by atoms with Crippen molar-refractivity contribution in [2.24, 2.45) is 11.8 Å². The maximum atomic E-state index is 12.9. The van der Waals surface area contributed by atoms with Gasteiger partial charge in [-0.3, -0.25) is 14.6 Å². The Bertz CT molecular complexity index is 1180. The summed E-state index contributed by atoms with van der Waals surface area (Å²) in [6.07, 6.45) is 1.36. The van der Waals surface area contributed by atoms with Crippen molar-refractivity contribution in [2.75, 3.05) is 6.61 Å². The lowest BCUT2D eigenvalue weighted by Gasteiger charge is -2.54. The predicted molar refractivity (Wildman–Crippen MR) is 121 cm³/mol. The molecule has 2 aromatic rings. The van der Waals surface area contributed by atoms with Gasteiger partial charge in [0, 0.05) is 43.8 Å². The fourth-order valence-electron chi connectivity index (χ4n) is 5.11. The normalized spacial score (nSPS) is 29.1. The summed E-state index contributed by atoms with van der Waals surface area (Å²) < 4.78 is 22.4. The van der Waals surface area contributed by atoms with Crippen LogP contribution < -0.4 is 10.4 Å². The molecule has 0 radical (unpaired) electrons. The number of esters is 2. The molecular weight excluding hydrogens is 458 g/mol. The number of hydrogen-bond acceptors (Lipinski definition) is 10. The molecule has 35 heavy (non-hydrogen) atoms. The summed E-state index contributed by atoms with van der Waals surface area (Å²) in [5, 5.41) is 22.4. The first-order valence-corrected chi connectivity index (χ1v) is 11.4. The molecule has 1 fully saturated rings. The van der Waals surface area contributed by atoms with E-state index in [9.17, 15) is 24.6 Å². The Morgan fingerprint density at radius 3 is 2.66 bits per heavy atom. The van der Waals surface area contributed by atoms with E-state index in [0.29, 0.717) is 5.56 Å². The number of hydrogen-bond donors (Lipinski definition) is 2. The maximum absolute atomic E-state index is 12.9. The quantitative estimate of drug-likeness (QED) is 0.602. The van der Waals surface area contributed by atoms with Crippen molar-refractivity contribution in [1.29, 1.82) is 0 Å². The van der Waals surface area contributed by atoms with E-state index >= 15 is 0 Å². The summed E-state index contributed by atoms with van der Waals surface area (Å²) in [6.45, 7) is 5.47. The van der Waals surface area contributed by atoms with Crippen molar-refractivity contribution in [3.63, 3.8) is 0 Å². The average Bonchev–Trinajstić information content (AvgIpc) is 2.78. The Labute approximate surface area is 201 Å². The fraction of sp³-hybridized carbons (Fsp3) is 0.520. The second kappa shape index (κ2) is 9.09. The van der Waals surface area contributed by atoms with E-state index in [1.165, 1.54) is 33.0 Å². The van der Waals surface area contributed by atoms with Crippen molar-refractivity contribution >= 4 is 11.9 Å². The van der Waals surface area contributed by atoms with Gasteiger partial charge in [0.25, 0.3) is 0 Å². The van der Waals surface area contributed by atoms with Crippen molar-refractivity contribution in [3.05, 3.63) is 46.6 Å². The lowest BCUT2D eigenvalue weighted by molar-refractivity contribution is -0.208. The standard InChI is InChI=1S/C25H29NO9/c1-13(27)32-12-24(3,31)16-8-17-22(29)21-19(35-25(17,4)20(9-16)33-14(2)28)10-18(34-23(21)30)15-6-5-7-26-11-15/h5-7,10-11,16-17,20,22,29,31H,8-9,12H2,1-4H3/t16-,17-,20-,22-,24?,25-/m1/s1. The van der Waals surface area contributed by atoms with Crippen LogP contribution in [0.15, 0.2) is 39.8 Å². The smallest absolute Gasteiger partial charge is 0.345 e. The third-order valence-corrected chi connectivity index (χ3v) is 7.07. The zero-order valence-electron chi connectivity index (χ0n) is 20.0. The van der Waals surface area contributed by atoms with Crippen LogP contribution in [0, 0.1) is 11.8 Å². The highest BCUT2D eigenvalue weighted by Gasteiger charge is 2.59. The Morgan fingerprint density at radius 1 is 1.29 bits per heavy atom. The van der Waals surface area contributed by atoms with Crippen LogP contribution in [0.2, 0.25) is 0 Å². The number of pyridine rings is 1. The number of carbonyl (C=O) groups is 2. The van der Waals surface area contributed by atoms with Crippen LogP contribution >= 0.6 is 0 Å². The van der Waals surface area contributed by atoms with Crippen LogP contribution in [-0.4, -0.2) is 51.0 Å². The highest BCUT2D eigenvalue weighted by molar-refractivity contribution is 5.66. The molecule has 0 amide bonds. The lowest BCUT2D eigenvalue weighted by atomic mass is 9.62. The topological polar surface area (TPSA) is 145 Å². The first-order chi connectivity index (χ1) is 16.4. The molecule has 1 unspecified atom stereocenters. The molecule has 3 heterocycles. The van der Waals surface area contributed by atoms with Gasteiger partial charge in [0.1, 0.15) is 35.4 Å². The van der Waals surface area contributed by atoms with E-state index in [1.54, 1.807) is 25.3 Å². The second-order valence-electron chi connectivity index (χ2n) is 9.66. The van der Waals surface area contributed by atoms with Gasteiger partial charge < -0.3 is 28.8 Å². The first kappa shape index (κ1) is 24.9. The average molecular weight is 488 g/mol. The number of nitrogens with zero attached hydrogens (tertiary/aromatic N) is 1. The van der Waals surface area contributed by atoms with Gasteiger partial charge in [0.15, 0.2) is 0 Å². The Hall–Kier alpha value is -3.24. The number of fused-ring (bicyclic) bond motifs is 2. The number of aliphatic hydroxyl groups excluding tert-OH is 1. The molecule has 1 aliphatic carbocycles. The molecule has 10 nitrogen and oxygen atoms in total. The van der Waals surface area contributed by atoms with Crippen LogP contribution in [0.25, 0.3) is 11.3 Å². The molecule has 4 rings (SSSR count). The van der Waals surface area contributed by atoms with Crippen LogP contribution in [0.1, 0.15) is 52.2 Å². The minimum atomic E-state index is -1.47. The van der Waals surface area contributed by atoms with Crippen molar-refractivity contribution in [3.8, 4) is 17.1 Å². The molecule has 2 aliphatic rings. The van der Waals surface area contributed by atoms with Gasteiger partial charge >= 0.3 is 17.6 Å². The monoisotopic (exact) mass is 487 g/mol. The third-order valence-electron chi connectivity index (χ3n) is 7.07. The third kappa shape index (κ3) is 4.68. The number of ether oxygens (including phenoxy) is 3. The molecular formula is C25H29NO9. The summed E-state index contributed by atoms with van der Waals surface area (Å²) in [7, 11) is 0. The zero-order chi connectivity index (χ0) is 25.5. The Morgan fingerprint density at radius 2 is 2.03 bits per heavy atom. The molecule has 0 spiro atoms. The molecule has 0 bridgehead atoms. The lowest BCUT2D eigenvalue weighted by Crippen LogP contribution is -2.63. The molecule has 0 saturated heterocycles. The summed E-state index contributed by atoms with van der Waals surface area (Å²) in [5.74, 6) is -2.01. The first-order valence-electron chi connectivity index (χ1n) is 11.4. The van der Waals surface area contributed by atoms with Crippen LogP contribution in [0.3, 0.4) is 0 Å². The van der Waals surface area contributed by atoms with Crippen LogP contribution in [0.5, 0.6) is 5.75 Å². The predicted octanol–water partition coefficient (Wildman–Crippen LogP) is 2.16. The molecule has 0 aromatic carbocycles. The van der Waals surface area contributed by atoms with Gasteiger partial charge in [-0.2, -0.15) is 0 Å². The van der Waals surface area contributed by atoms with E-state index in [2.05, 4.69) is 4.98 Å². The van der Waals surface area contributed by atoms with E-state index in [0.717, 1.165) is 0 Å². The highest BCUT2D eigenvalue weighted by Crippen LogP contribution is 2.53. The number of carbonyl (C=O) groups excluding carboxylic acids is 2. The summed E-state index contributed by atoms with van der Waals surface area (Å²) in [6, 6.07) is 4.94. The molecule has 1 saturated carbocycles. The van der Waals surface area contributed by atoms with Crippen molar-refractivity contribution in [2.45, 2.75) is 63.9 Å². The second-order valence-corrected chi connectivity index (χ2v) is 9.66. The largest absolute Gasteiger partial charge is 0.482 e. The van der Waals surface area contributed by atoms with E-state index < -0.39 is 52.8 Å². The molecule has 188 valence electrons. The summed E-state index contributed by atoms with van der Waals surface area (Å²) in [5.41, 5.74) is -2.91. The fourth-order valence-corrected chi connectivity index (χ4v) is 5.11. The van der Waals surface area contributed by atoms with Gasteiger partial charge in [-0.25, -0.2) is 4.79 Å². The summed E-state index contributed by atoms with van der Waals surface area (Å²) in [4.78, 5) is 40.3.